The Morgan fingerprint density at radius 3 is 2.66 bits per heavy atom. The SMILES string of the molecule is Cc1cc(Nc2cc(C)n3c(=O)n(CCOc4ccccc4)nc3n2)ccc1F. The molecule has 1 N–H and O–H groups in total. The number of nitrogens with one attached hydrogen (secondary N) is 1. The van der Waals surface area contributed by atoms with Crippen LogP contribution in [0.1, 0.15) is 11.3 Å². The first-order valence-corrected chi connectivity index (χ1v) is 9.19. The van der Waals surface area contributed by atoms with Crippen molar-refractivity contribution in [1.82, 2.24) is 19.2 Å². The van der Waals surface area contributed by atoms with E-state index in [1.165, 1.54) is 15.1 Å². The number of rotatable bonds is 6. The molecular weight excluding hydrogens is 373 g/mol. The molecule has 0 saturated heterocycles. The molecule has 4 aromatic rings. The molecule has 2 aromatic carbocycles. The average Bonchev–Trinajstić information content (AvgIpc) is 3.01. The number of aryl methyl sites for hydroxylation is 2. The molecule has 29 heavy (non-hydrogen) atoms. The maximum atomic E-state index is 13.5. The lowest BCUT2D eigenvalue weighted by atomic mass is 10.2. The van der Waals surface area contributed by atoms with Gasteiger partial charge in [-0.15, -0.1) is 5.10 Å². The van der Waals surface area contributed by atoms with Gasteiger partial charge in [0.15, 0.2) is 0 Å². The van der Waals surface area contributed by atoms with Gasteiger partial charge >= 0.3 is 5.69 Å². The molecule has 0 amide bonds. The molecule has 0 radical (unpaired) electrons. The number of hydrogen-bond donors (Lipinski definition) is 1. The van der Waals surface area contributed by atoms with E-state index in [1.54, 1.807) is 25.1 Å². The molecule has 0 spiro atoms. The molecule has 4 rings (SSSR count). The summed E-state index contributed by atoms with van der Waals surface area (Å²) in [6.07, 6.45) is 0. The Morgan fingerprint density at radius 2 is 1.90 bits per heavy atom. The standard InChI is InChI=1S/C21H20FN5O2/c1-14-12-16(8-9-18(14)22)23-19-13-15(2)27-20(24-19)25-26(21(27)28)10-11-29-17-6-4-3-5-7-17/h3-9,12-13H,10-11H2,1-2H3,(H,23,24,25). The van der Waals surface area contributed by atoms with Crippen molar-refractivity contribution in [2.75, 3.05) is 11.9 Å². The minimum atomic E-state index is -0.272. The van der Waals surface area contributed by atoms with Gasteiger partial charge in [0, 0.05) is 17.4 Å². The lowest BCUT2D eigenvalue weighted by Crippen LogP contribution is -2.24. The van der Waals surface area contributed by atoms with E-state index in [-0.39, 0.29) is 17.3 Å². The quantitative estimate of drug-likeness (QED) is 0.543. The summed E-state index contributed by atoms with van der Waals surface area (Å²) in [6.45, 7) is 4.12. The highest BCUT2D eigenvalue weighted by Crippen LogP contribution is 2.19. The van der Waals surface area contributed by atoms with Crippen LogP contribution in [0.25, 0.3) is 5.78 Å². The fraction of sp³-hybridized carbons (Fsp3) is 0.190. The maximum Gasteiger partial charge on any atom is 0.351 e. The molecule has 7 nitrogen and oxygen atoms in total. The van der Waals surface area contributed by atoms with Gasteiger partial charge in [-0.1, -0.05) is 18.2 Å². The molecule has 0 saturated carbocycles. The van der Waals surface area contributed by atoms with Gasteiger partial charge in [-0.25, -0.2) is 18.3 Å². The van der Waals surface area contributed by atoms with E-state index in [0.717, 1.165) is 5.75 Å². The van der Waals surface area contributed by atoms with Gasteiger partial charge in [-0.3, -0.25) is 0 Å². The smallest absolute Gasteiger partial charge is 0.351 e. The van der Waals surface area contributed by atoms with E-state index in [2.05, 4.69) is 15.4 Å². The molecular formula is C21H20FN5O2. The number of benzene rings is 2. The highest BCUT2D eigenvalue weighted by Gasteiger charge is 2.12. The van der Waals surface area contributed by atoms with Gasteiger partial charge < -0.3 is 10.1 Å². The number of aromatic nitrogens is 4. The molecule has 8 heteroatoms. The number of ether oxygens (including phenoxy) is 1. The molecule has 0 aliphatic heterocycles. The van der Waals surface area contributed by atoms with Crippen molar-refractivity contribution in [3.8, 4) is 5.75 Å². The first-order chi connectivity index (χ1) is 14.0. The molecule has 0 fully saturated rings. The van der Waals surface area contributed by atoms with Crippen LogP contribution in [-0.4, -0.2) is 25.8 Å². The summed E-state index contributed by atoms with van der Waals surface area (Å²) in [5.74, 6) is 1.28. The zero-order chi connectivity index (χ0) is 20.4. The second kappa shape index (κ2) is 7.75. The maximum absolute atomic E-state index is 13.5. The van der Waals surface area contributed by atoms with E-state index >= 15 is 0 Å². The van der Waals surface area contributed by atoms with Gasteiger partial charge in [-0.2, -0.15) is 4.98 Å². The number of nitrogens with zero attached hydrogens (tertiary/aromatic N) is 4. The number of hydrogen-bond acceptors (Lipinski definition) is 5. The zero-order valence-corrected chi connectivity index (χ0v) is 16.1. The van der Waals surface area contributed by atoms with Crippen LogP contribution in [0.5, 0.6) is 5.75 Å². The van der Waals surface area contributed by atoms with Crippen LogP contribution < -0.4 is 15.7 Å². The van der Waals surface area contributed by atoms with Crippen LogP contribution >= 0.6 is 0 Å². The topological polar surface area (TPSA) is 73.5 Å². The van der Waals surface area contributed by atoms with Crippen molar-refractivity contribution >= 4 is 17.3 Å². The lowest BCUT2D eigenvalue weighted by Gasteiger charge is -2.08. The predicted molar refractivity (Wildman–Crippen MR) is 108 cm³/mol. The van der Waals surface area contributed by atoms with Gasteiger partial charge in [-0.05, 0) is 49.7 Å². The van der Waals surface area contributed by atoms with Crippen LogP contribution in [0.2, 0.25) is 0 Å². The van der Waals surface area contributed by atoms with Crippen molar-refractivity contribution in [3.63, 3.8) is 0 Å². The summed E-state index contributed by atoms with van der Waals surface area (Å²) in [6, 6.07) is 15.9. The molecule has 0 unspecified atom stereocenters. The van der Waals surface area contributed by atoms with Crippen LogP contribution in [0.4, 0.5) is 15.9 Å². The summed E-state index contributed by atoms with van der Waals surface area (Å²) < 4.78 is 21.9. The number of anilines is 2. The fourth-order valence-corrected chi connectivity index (χ4v) is 3.03. The monoisotopic (exact) mass is 393 g/mol. The summed E-state index contributed by atoms with van der Waals surface area (Å²) >= 11 is 0. The Hall–Kier alpha value is -3.68. The third kappa shape index (κ3) is 3.96. The van der Waals surface area contributed by atoms with Gasteiger partial charge in [0.1, 0.15) is 24.0 Å². The molecule has 0 aliphatic carbocycles. The zero-order valence-electron chi connectivity index (χ0n) is 16.1. The van der Waals surface area contributed by atoms with Crippen molar-refractivity contribution in [2.45, 2.75) is 20.4 Å². The number of fused-ring (bicyclic) bond motifs is 1. The van der Waals surface area contributed by atoms with Gasteiger partial charge in [0.05, 0.1) is 6.54 Å². The second-order valence-corrected chi connectivity index (χ2v) is 6.67. The minimum Gasteiger partial charge on any atom is -0.492 e. The largest absolute Gasteiger partial charge is 0.492 e. The summed E-state index contributed by atoms with van der Waals surface area (Å²) in [7, 11) is 0. The van der Waals surface area contributed by atoms with E-state index < -0.39 is 0 Å². The normalized spacial score (nSPS) is 11.0. The van der Waals surface area contributed by atoms with Crippen molar-refractivity contribution in [1.29, 1.82) is 0 Å². The van der Waals surface area contributed by atoms with Crippen LogP contribution in [-0.2, 0) is 6.54 Å². The first-order valence-electron chi connectivity index (χ1n) is 9.19. The Balaban J connectivity index is 1.55. The number of halogens is 1. The molecule has 2 aromatic heterocycles. The Morgan fingerprint density at radius 1 is 1.10 bits per heavy atom. The molecule has 0 aliphatic rings. The van der Waals surface area contributed by atoms with Crippen molar-refractivity contribution in [2.24, 2.45) is 0 Å². The van der Waals surface area contributed by atoms with E-state index in [1.807, 2.05) is 37.3 Å². The summed E-state index contributed by atoms with van der Waals surface area (Å²) in [5, 5.41) is 7.45. The van der Waals surface area contributed by atoms with Crippen LogP contribution in [0.15, 0.2) is 59.4 Å². The molecule has 2 heterocycles. The highest BCUT2D eigenvalue weighted by molar-refractivity contribution is 5.59. The van der Waals surface area contributed by atoms with Crippen LogP contribution in [0.3, 0.4) is 0 Å². The summed E-state index contributed by atoms with van der Waals surface area (Å²) in [4.78, 5) is 17.1. The van der Waals surface area contributed by atoms with E-state index in [9.17, 15) is 9.18 Å². The average molecular weight is 393 g/mol. The Bertz CT molecular complexity index is 1220. The Labute approximate surface area is 166 Å². The van der Waals surface area contributed by atoms with Crippen LogP contribution in [0, 0.1) is 19.7 Å². The van der Waals surface area contributed by atoms with Crippen molar-refractivity contribution < 1.29 is 9.13 Å². The van der Waals surface area contributed by atoms with Gasteiger partial charge in [0.2, 0.25) is 0 Å². The fourth-order valence-electron chi connectivity index (χ4n) is 3.03. The molecule has 0 bridgehead atoms. The van der Waals surface area contributed by atoms with E-state index in [4.69, 9.17) is 4.74 Å². The van der Waals surface area contributed by atoms with E-state index in [0.29, 0.717) is 35.9 Å². The van der Waals surface area contributed by atoms with Gasteiger partial charge in [0.25, 0.3) is 5.78 Å². The first kappa shape index (κ1) is 18.7. The number of para-hydroxylation sites is 1. The summed E-state index contributed by atoms with van der Waals surface area (Å²) in [5.41, 5.74) is 1.66. The predicted octanol–water partition coefficient (Wildman–Crippen LogP) is 3.47. The highest BCUT2D eigenvalue weighted by atomic mass is 19.1. The minimum absolute atomic E-state index is 0.266. The Kier molecular flexibility index (Phi) is 4.99. The van der Waals surface area contributed by atoms with Crippen molar-refractivity contribution in [3.05, 3.63) is 82.2 Å². The third-order valence-corrected chi connectivity index (χ3v) is 4.49. The molecule has 148 valence electrons. The molecule has 0 atom stereocenters. The second-order valence-electron chi connectivity index (χ2n) is 6.67. The third-order valence-electron chi connectivity index (χ3n) is 4.49. The lowest BCUT2D eigenvalue weighted by molar-refractivity contribution is 0.289.